The molecule has 1 aromatic rings. The number of hydrogen-bond donors (Lipinski definition) is 1. The van der Waals surface area contributed by atoms with Crippen molar-refractivity contribution in [3.8, 4) is 0 Å². The van der Waals surface area contributed by atoms with Crippen LogP contribution >= 0.6 is 12.6 Å². The highest BCUT2D eigenvalue weighted by atomic mass is 32.1. The van der Waals surface area contributed by atoms with Gasteiger partial charge >= 0.3 is 0 Å². The van der Waals surface area contributed by atoms with Gasteiger partial charge in [0.25, 0.3) is 0 Å². The van der Waals surface area contributed by atoms with E-state index in [4.69, 9.17) is 0 Å². The van der Waals surface area contributed by atoms with Gasteiger partial charge in [-0.1, -0.05) is 32.9 Å². The molecule has 0 N–H and O–H groups in total. The molecule has 0 saturated carbocycles. The highest BCUT2D eigenvalue weighted by molar-refractivity contribution is 7.80. The number of hydrogen-bond acceptors (Lipinski definition) is 1. The minimum atomic E-state index is 0.233. The predicted octanol–water partition coefficient (Wildman–Crippen LogP) is 3.89. The van der Waals surface area contributed by atoms with E-state index in [1.54, 1.807) is 0 Å². The van der Waals surface area contributed by atoms with Crippen molar-refractivity contribution >= 4 is 12.6 Å². The lowest BCUT2D eigenvalue weighted by atomic mass is 9.85. The van der Waals surface area contributed by atoms with Gasteiger partial charge < -0.3 is 0 Å². The van der Waals surface area contributed by atoms with Gasteiger partial charge in [0, 0.05) is 4.90 Å². The summed E-state index contributed by atoms with van der Waals surface area (Å²) in [7, 11) is 0. The molecule has 13 heavy (non-hydrogen) atoms. The van der Waals surface area contributed by atoms with Crippen molar-refractivity contribution in [2.75, 3.05) is 0 Å². The van der Waals surface area contributed by atoms with Crippen molar-refractivity contribution in [1.29, 1.82) is 0 Å². The molecule has 0 heterocycles. The maximum atomic E-state index is 4.45. The topological polar surface area (TPSA) is 0 Å². The molecule has 1 heteroatoms. The highest BCUT2D eigenvalue weighted by Crippen LogP contribution is 2.28. The van der Waals surface area contributed by atoms with Gasteiger partial charge in [0.2, 0.25) is 0 Å². The minimum absolute atomic E-state index is 0.233. The van der Waals surface area contributed by atoms with E-state index < -0.39 is 0 Å². The molecule has 0 aliphatic rings. The first kappa shape index (κ1) is 10.6. The van der Waals surface area contributed by atoms with Crippen LogP contribution in [0.1, 0.15) is 37.5 Å². The molecule has 0 spiro atoms. The van der Waals surface area contributed by atoms with E-state index in [9.17, 15) is 0 Å². The predicted molar refractivity (Wildman–Crippen MR) is 61.9 cm³/mol. The van der Waals surface area contributed by atoms with Crippen LogP contribution in [0.2, 0.25) is 0 Å². The van der Waals surface area contributed by atoms with Gasteiger partial charge in [0.15, 0.2) is 0 Å². The molecule has 0 aromatic heterocycles. The Labute approximate surface area is 86.8 Å². The normalized spacial score (nSPS) is 11.8. The van der Waals surface area contributed by atoms with Gasteiger partial charge in [-0.3, -0.25) is 0 Å². The zero-order valence-electron chi connectivity index (χ0n) is 9.10. The van der Waals surface area contributed by atoms with E-state index in [1.807, 2.05) is 0 Å². The second-order valence-electron chi connectivity index (χ2n) is 4.71. The SMILES string of the molecule is Cc1cc(C(C)(C)C)cc(C)c1S. The van der Waals surface area contributed by atoms with Crippen LogP contribution in [0.5, 0.6) is 0 Å². The summed E-state index contributed by atoms with van der Waals surface area (Å²) < 4.78 is 0. The molecule has 0 aliphatic heterocycles. The fourth-order valence-corrected chi connectivity index (χ4v) is 1.52. The van der Waals surface area contributed by atoms with Crippen molar-refractivity contribution in [3.05, 3.63) is 28.8 Å². The first-order valence-electron chi connectivity index (χ1n) is 4.63. The number of benzene rings is 1. The summed E-state index contributed by atoms with van der Waals surface area (Å²) in [4.78, 5) is 1.12. The lowest BCUT2D eigenvalue weighted by molar-refractivity contribution is 0.588. The summed E-state index contributed by atoms with van der Waals surface area (Å²) >= 11 is 4.45. The maximum absolute atomic E-state index is 4.45. The summed E-state index contributed by atoms with van der Waals surface area (Å²) in [5, 5.41) is 0. The second-order valence-corrected chi connectivity index (χ2v) is 5.16. The lowest BCUT2D eigenvalue weighted by Gasteiger charge is -2.21. The van der Waals surface area contributed by atoms with Gasteiger partial charge in [0.05, 0.1) is 0 Å². The molecule has 0 atom stereocenters. The van der Waals surface area contributed by atoms with Gasteiger partial charge in [-0.25, -0.2) is 0 Å². The lowest BCUT2D eigenvalue weighted by Crippen LogP contribution is -2.11. The molecule has 0 saturated heterocycles. The average molecular weight is 194 g/mol. The zero-order chi connectivity index (χ0) is 10.2. The highest BCUT2D eigenvalue weighted by Gasteiger charge is 2.15. The number of thiol groups is 1. The third-order valence-electron chi connectivity index (χ3n) is 2.36. The van der Waals surface area contributed by atoms with Crippen LogP contribution in [0.15, 0.2) is 17.0 Å². The Morgan fingerprint density at radius 1 is 1.00 bits per heavy atom. The van der Waals surface area contributed by atoms with E-state index in [1.165, 1.54) is 16.7 Å². The van der Waals surface area contributed by atoms with Gasteiger partial charge in [0.1, 0.15) is 0 Å². The van der Waals surface area contributed by atoms with Crippen LogP contribution in [-0.2, 0) is 5.41 Å². The van der Waals surface area contributed by atoms with Crippen LogP contribution in [0, 0.1) is 13.8 Å². The summed E-state index contributed by atoms with van der Waals surface area (Å²) in [6.07, 6.45) is 0. The molecule has 0 amide bonds. The fourth-order valence-electron chi connectivity index (χ4n) is 1.39. The van der Waals surface area contributed by atoms with Crippen LogP contribution in [0.4, 0.5) is 0 Å². The molecule has 0 bridgehead atoms. The Balaban J connectivity index is 3.29. The molecular formula is C12H18S. The van der Waals surface area contributed by atoms with Crippen molar-refractivity contribution < 1.29 is 0 Å². The molecule has 0 aliphatic carbocycles. The summed E-state index contributed by atoms with van der Waals surface area (Å²) in [6, 6.07) is 4.46. The molecule has 0 radical (unpaired) electrons. The molecule has 0 unspecified atom stereocenters. The Morgan fingerprint density at radius 2 is 1.38 bits per heavy atom. The van der Waals surface area contributed by atoms with E-state index in [0.717, 1.165) is 4.90 Å². The zero-order valence-corrected chi connectivity index (χ0v) is 10.00. The first-order valence-corrected chi connectivity index (χ1v) is 5.08. The Kier molecular flexibility index (Phi) is 2.76. The average Bonchev–Trinajstić information content (AvgIpc) is 1.97. The van der Waals surface area contributed by atoms with Crippen LogP contribution in [0.25, 0.3) is 0 Å². The van der Waals surface area contributed by atoms with Gasteiger partial charge in [-0.05, 0) is 36.0 Å². The van der Waals surface area contributed by atoms with E-state index >= 15 is 0 Å². The van der Waals surface area contributed by atoms with Gasteiger partial charge in [-0.15, -0.1) is 12.6 Å². The smallest absolute Gasteiger partial charge is 0.00987 e. The third-order valence-corrected chi connectivity index (χ3v) is 3.06. The molecular weight excluding hydrogens is 176 g/mol. The number of aryl methyl sites for hydroxylation is 2. The summed E-state index contributed by atoms with van der Waals surface area (Å²) in [6.45, 7) is 10.9. The van der Waals surface area contributed by atoms with E-state index in [0.29, 0.717) is 0 Å². The monoisotopic (exact) mass is 194 g/mol. The second kappa shape index (κ2) is 3.38. The Hall–Kier alpha value is -0.430. The minimum Gasteiger partial charge on any atom is -0.143 e. The van der Waals surface area contributed by atoms with Crippen molar-refractivity contribution in [2.24, 2.45) is 0 Å². The molecule has 1 aromatic carbocycles. The molecule has 0 fully saturated rings. The van der Waals surface area contributed by atoms with Crippen LogP contribution in [0.3, 0.4) is 0 Å². The molecule has 72 valence electrons. The van der Waals surface area contributed by atoms with Gasteiger partial charge in [-0.2, -0.15) is 0 Å². The molecule has 0 nitrogen and oxygen atoms in total. The number of rotatable bonds is 0. The largest absolute Gasteiger partial charge is 0.143 e. The van der Waals surface area contributed by atoms with Crippen molar-refractivity contribution in [3.63, 3.8) is 0 Å². The fraction of sp³-hybridized carbons (Fsp3) is 0.500. The Morgan fingerprint density at radius 3 is 1.69 bits per heavy atom. The maximum Gasteiger partial charge on any atom is 0.00987 e. The summed E-state index contributed by atoms with van der Waals surface area (Å²) in [5.41, 5.74) is 4.17. The standard InChI is InChI=1S/C12H18S/c1-8-6-10(12(3,4)5)7-9(2)11(8)13/h6-7,13H,1-5H3. The summed E-state index contributed by atoms with van der Waals surface area (Å²) in [5.74, 6) is 0. The van der Waals surface area contributed by atoms with Crippen molar-refractivity contribution in [1.82, 2.24) is 0 Å². The van der Waals surface area contributed by atoms with Crippen LogP contribution < -0.4 is 0 Å². The van der Waals surface area contributed by atoms with E-state index in [-0.39, 0.29) is 5.41 Å². The molecule has 1 rings (SSSR count). The Bertz CT molecular complexity index is 295. The third kappa shape index (κ3) is 2.28. The first-order chi connectivity index (χ1) is 5.82. The van der Waals surface area contributed by atoms with Crippen LogP contribution in [-0.4, -0.2) is 0 Å². The van der Waals surface area contributed by atoms with E-state index in [2.05, 4.69) is 59.4 Å². The van der Waals surface area contributed by atoms with Crippen molar-refractivity contribution in [2.45, 2.75) is 44.9 Å². The quantitative estimate of drug-likeness (QED) is 0.595.